The molecular weight excluding hydrogens is 380 g/mol. The van der Waals surface area contributed by atoms with Gasteiger partial charge in [0.1, 0.15) is 5.69 Å². The van der Waals surface area contributed by atoms with Crippen molar-refractivity contribution in [3.8, 4) is 11.4 Å². The summed E-state index contributed by atoms with van der Waals surface area (Å²) in [6, 6.07) is 10.5. The number of rotatable bonds is 6. The first-order valence-electron chi connectivity index (χ1n) is 10.1. The second-order valence-corrected chi connectivity index (χ2v) is 7.60. The van der Waals surface area contributed by atoms with Crippen LogP contribution in [0.2, 0.25) is 0 Å². The molecule has 10 heteroatoms. The number of pyridine rings is 1. The van der Waals surface area contributed by atoms with Gasteiger partial charge in [-0.25, -0.2) is 9.67 Å². The SMILES string of the molecule is Cc1ccc(-c2nc(N)nc3c2nnn3Cc2cccc(CNC3CCNC3)n2)[nH]1. The van der Waals surface area contributed by atoms with E-state index in [1.54, 1.807) is 4.68 Å². The predicted octanol–water partition coefficient (Wildman–Crippen LogP) is 1.00. The molecule has 1 aliphatic rings. The summed E-state index contributed by atoms with van der Waals surface area (Å²) in [5, 5.41) is 15.5. The highest BCUT2D eigenvalue weighted by Crippen LogP contribution is 2.24. The van der Waals surface area contributed by atoms with Gasteiger partial charge in [0.05, 0.1) is 23.6 Å². The van der Waals surface area contributed by atoms with Gasteiger partial charge in [-0.15, -0.1) is 5.10 Å². The maximum Gasteiger partial charge on any atom is 0.222 e. The number of nitrogen functional groups attached to an aromatic ring is 1. The summed E-state index contributed by atoms with van der Waals surface area (Å²) in [5.41, 5.74) is 11.6. The molecule has 5 rings (SSSR count). The minimum atomic E-state index is 0.185. The average Bonchev–Trinajstić information content (AvgIpc) is 3.48. The molecule has 1 unspecified atom stereocenters. The Morgan fingerprint density at radius 2 is 2.07 bits per heavy atom. The average molecular weight is 404 g/mol. The molecule has 4 aromatic rings. The minimum Gasteiger partial charge on any atom is -0.368 e. The standard InChI is InChI=1S/C20H24N10/c1-12-5-6-16(24-12)17-18-19(27-20(21)26-17)30(29-28-18)11-15-4-2-3-14(25-15)10-23-13-7-8-22-9-13/h2-6,13,22-24H,7-11H2,1H3,(H2,21,26,27). The number of nitrogens with zero attached hydrogens (tertiary/aromatic N) is 6. The van der Waals surface area contributed by atoms with E-state index in [0.717, 1.165) is 48.8 Å². The molecule has 30 heavy (non-hydrogen) atoms. The normalized spacial score (nSPS) is 16.5. The van der Waals surface area contributed by atoms with Crippen molar-refractivity contribution in [3.63, 3.8) is 0 Å². The molecule has 1 saturated heterocycles. The number of H-pyrrole nitrogens is 1. The Kier molecular flexibility index (Phi) is 4.85. The fraction of sp³-hybridized carbons (Fsp3) is 0.350. The van der Waals surface area contributed by atoms with Gasteiger partial charge in [-0.2, -0.15) is 4.98 Å². The molecule has 0 aliphatic carbocycles. The molecule has 5 heterocycles. The highest BCUT2D eigenvalue weighted by atomic mass is 15.4. The van der Waals surface area contributed by atoms with Crippen LogP contribution in [0, 0.1) is 6.92 Å². The first-order valence-corrected chi connectivity index (χ1v) is 10.1. The molecule has 1 atom stereocenters. The smallest absolute Gasteiger partial charge is 0.222 e. The topological polar surface area (TPSA) is 135 Å². The number of fused-ring (bicyclic) bond motifs is 1. The van der Waals surface area contributed by atoms with E-state index in [1.807, 2.05) is 37.3 Å². The molecular formula is C20H24N10. The number of anilines is 1. The largest absolute Gasteiger partial charge is 0.368 e. The fourth-order valence-corrected chi connectivity index (χ4v) is 3.76. The van der Waals surface area contributed by atoms with Crippen LogP contribution < -0.4 is 16.4 Å². The van der Waals surface area contributed by atoms with Gasteiger partial charge in [0.2, 0.25) is 5.95 Å². The molecule has 0 saturated carbocycles. The summed E-state index contributed by atoms with van der Waals surface area (Å²) in [6.45, 7) is 5.26. The van der Waals surface area contributed by atoms with Crippen LogP contribution in [0.1, 0.15) is 23.5 Å². The van der Waals surface area contributed by atoms with Gasteiger partial charge in [0.25, 0.3) is 0 Å². The van der Waals surface area contributed by atoms with Crippen molar-refractivity contribution in [2.75, 3.05) is 18.8 Å². The zero-order valence-electron chi connectivity index (χ0n) is 16.8. The lowest BCUT2D eigenvalue weighted by Gasteiger charge is -2.11. The van der Waals surface area contributed by atoms with Crippen LogP contribution in [0.25, 0.3) is 22.6 Å². The lowest BCUT2D eigenvalue weighted by Crippen LogP contribution is -2.30. The quantitative estimate of drug-likeness (QED) is 0.374. The van der Waals surface area contributed by atoms with E-state index in [1.165, 1.54) is 0 Å². The Labute approximate surface area is 173 Å². The molecule has 4 aromatic heterocycles. The number of nitrogens with one attached hydrogen (secondary N) is 3. The maximum atomic E-state index is 5.98. The Hall–Kier alpha value is -3.37. The monoisotopic (exact) mass is 404 g/mol. The van der Waals surface area contributed by atoms with E-state index in [4.69, 9.17) is 10.7 Å². The molecule has 154 valence electrons. The summed E-state index contributed by atoms with van der Waals surface area (Å²) in [5.74, 6) is 0.185. The molecule has 1 fully saturated rings. The van der Waals surface area contributed by atoms with Crippen LogP contribution in [0.4, 0.5) is 5.95 Å². The van der Waals surface area contributed by atoms with Gasteiger partial charge in [0, 0.05) is 24.8 Å². The summed E-state index contributed by atoms with van der Waals surface area (Å²) in [4.78, 5) is 16.8. The number of aromatic nitrogens is 7. The number of aromatic amines is 1. The van der Waals surface area contributed by atoms with Crippen molar-refractivity contribution >= 4 is 17.1 Å². The van der Waals surface area contributed by atoms with Crippen LogP contribution in [0.15, 0.2) is 30.3 Å². The summed E-state index contributed by atoms with van der Waals surface area (Å²) >= 11 is 0. The Balaban J connectivity index is 1.40. The van der Waals surface area contributed by atoms with E-state index in [-0.39, 0.29) is 5.95 Å². The van der Waals surface area contributed by atoms with Crippen molar-refractivity contribution < 1.29 is 0 Å². The third-order valence-electron chi connectivity index (χ3n) is 5.28. The number of aryl methyl sites for hydroxylation is 1. The lowest BCUT2D eigenvalue weighted by atomic mass is 10.2. The summed E-state index contributed by atoms with van der Waals surface area (Å²) in [7, 11) is 0. The lowest BCUT2D eigenvalue weighted by molar-refractivity contribution is 0.540. The summed E-state index contributed by atoms with van der Waals surface area (Å²) in [6.07, 6.45) is 1.15. The van der Waals surface area contributed by atoms with Gasteiger partial charge in [-0.3, -0.25) is 4.98 Å². The first kappa shape index (κ1) is 18.6. The molecule has 0 amide bonds. The van der Waals surface area contributed by atoms with Crippen LogP contribution in [0.5, 0.6) is 0 Å². The second kappa shape index (κ2) is 7.81. The van der Waals surface area contributed by atoms with E-state index < -0.39 is 0 Å². The zero-order chi connectivity index (χ0) is 20.5. The zero-order valence-corrected chi connectivity index (χ0v) is 16.8. The predicted molar refractivity (Wildman–Crippen MR) is 114 cm³/mol. The molecule has 0 radical (unpaired) electrons. The Bertz CT molecular complexity index is 1170. The van der Waals surface area contributed by atoms with Gasteiger partial charge in [-0.05, 0) is 44.2 Å². The van der Waals surface area contributed by atoms with Crippen LogP contribution >= 0.6 is 0 Å². The van der Waals surface area contributed by atoms with E-state index in [0.29, 0.717) is 29.4 Å². The molecule has 0 aromatic carbocycles. The minimum absolute atomic E-state index is 0.185. The van der Waals surface area contributed by atoms with Crippen LogP contribution in [0.3, 0.4) is 0 Å². The third kappa shape index (κ3) is 3.74. The Morgan fingerprint density at radius 3 is 2.87 bits per heavy atom. The van der Waals surface area contributed by atoms with Gasteiger partial charge in [-0.1, -0.05) is 11.3 Å². The Morgan fingerprint density at radius 1 is 1.17 bits per heavy atom. The van der Waals surface area contributed by atoms with Gasteiger partial charge >= 0.3 is 0 Å². The summed E-state index contributed by atoms with van der Waals surface area (Å²) < 4.78 is 1.72. The fourth-order valence-electron chi connectivity index (χ4n) is 3.76. The second-order valence-electron chi connectivity index (χ2n) is 7.60. The van der Waals surface area contributed by atoms with E-state index in [2.05, 4.69) is 35.9 Å². The number of hydrogen-bond acceptors (Lipinski definition) is 8. The number of hydrogen-bond donors (Lipinski definition) is 4. The molecule has 0 bridgehead atoms. The van der Waals surface area contributed by atoms with Gasteiger partial charge < -0.3 is 21.4 Å². The third-order valence-corrected chi connectivity index (χ3v) is 5.28. The number of nitrogens with two attached hydrogens (primary N) is 1. The van der Waals surface area contributed by atoms with Gasteiger partial charge in [0.15, 0.2) is 11.2 Å². The molecule has 10 nitrogen and oxygen atoms in total. The van der Waals surface area contributed by atoms with Crippen molar-refractivity contribution in [3.05, 3.63) is 47.4 Å². The van der Waals surface area contributed by atoms with E-state index in [9.17, 15) is 0 Å². The van der Waals surface area contributed by atoms with Crippen molar-refractivity contribution in [2.24, 2.45) is 0 Å². The molecule has 1 aliphatic heterocycles. The first-order chi connectivity index (χ1) is 14.7. The maximum absolute atomic E-state index is 5.98. The van der Waals surface area contributed by atoms with Crippen molar-refractivity contribution in [2.45, 2.75) is 32.5 Å². The molecule has 5 N–H and O–H groups in total. The van der Waals surface area contributed by atoms with E-state index >= 15 is 0 Å². The van der Waals surface area contributed by atoms with Crippen LogP contribution in [-0.4, -0.2) is 54.1 Å². The highest BCUT2D eigenvalue weighted by Gasteiger charge is 2.17. The van der Waals surface area contributed by atoms with Crippen LogP contribution in [-0.2, 0) is 13.1 Å². The highest BCUT2D eigenvalue weighted by molar-refractivity contribution is 5.86. The van der Waals surface area contributed by atoms with Crippen molar-refractivity contribution in [1.29, 1.82) is 0 Å². The molecule has 0 spiro atoms. The van der Waals surface area contributed by atoms with Crippen molar-refractivity contribution in [1.82, 2.24) is 45.6 Å².